The third-order valence-corrected chi connectivity index (χ3v) is 5.11. The van der Waals surface area contributed by atoms with Crippen LogP contribution in [-0.4, -0.2) is 54.4 Å². The van der Waals surface area contributed by atoms with Gasteiger partial charge in [-0.25, -0.2) is 9.97 Å². The van der Waals surface area contributed by atoms with Crippen LogP contribution in [0.4, 0.5) is 5.95 Å². The highest BCUT2D eigenvalue weighted by molar-refractivity contribution is 5.98. The summed E-state index contributed by atoms with van der Waals surface area (Å²) < 4.78 is 0. The van der Waals surface area contributed by atoms with Gasteiger partial charge in [-0.2, -0.15) is 15.0 Å². The predicted octanol–water partition coefficient (Wildman–Crippen LogP) is 2.47. The van der Waals surface area contributed by atoms with E-state index >= 15 is 0 Å². The van der Waals surface area contributed by atoms with Crippen LogP contribution in [0.3, 0.4) is 0 Å². The molecule has 1 saturated heterocycles. The SMILES string of the molecule is Cc1cnc(N[C@H]2CCCN(C(=O)c3ccccc3-n3nccn3)[C@@H]2C)nc1. The molecule has 0 unspecified atom stereocenters. The van der Waals surface area contributed by atoms with Crippen LogP contribution in [0.15, 0.2) is 49.1 Å². The third-order valence-electron chi connectivity index (χ3n) is 5.11. The van der Waals surface area contributed by atoms with Crippen LogP contribution in [0.5, 0.6) is 0 Å². The Labute approximate surface area is 163 Å². The highest BCUT2D eigenvalue weighted by atomic mass is 16.2. The van der Waals surface area contributed by atoms with Gasteiger partial charge in [0.2, 0.25) is 5.95 Å². The first-order valence-corrected chi connectivity index (χ1v) is 9.45. The lowest BCUT2D eigenvalue weighted by molar-refractivity contribution is 0.0616. The van der Waals surface area contributed by atoms with Crippen LogP contribution in [0.25, 0.3) is 5.69 Å². The first kappa shape index (κ1) is 18.1. The van der Waals surface area contributed by atoms with Gasteiger partial charge in [0.25, 0.3) is 5.91 Å². The minimum Gasteiger partial charge on any atom is -0.349 e. The number of amides is 1. The Hall–Kier alpha value is -3.29. The van der Waals surface area contributed by atoms with Crippen molar-refractivity contribution in [1.82, 2.24) is 29.9 Å². The number of carbonyl (C=O) groups excluding carboxylic acids is 1. The van der Waals surface area contributed by atoms with E-state index in [1.165, 1.54) is 4.80 Å². The zero-order chi connectivity index (χ0) is 19.5. The highest BCUT2D eigenvalue weighted by Gasteiger charge is 2.33. The molecule has 1 amide bonds. The molecular formula is C20H23N7O. The number of likely N-dealkylation sites (tertiary alicyclic amines) is 1. The molecule has 1 aliphatic rings. The van der Waals surface area contributed by atoms with Crippen molar-refractivity contribution in [2.45, 2.75) is 38.8 Å². The third kappa shape index (κ3) is 3.58. The van der Waals surface area contributed by atoms with Gasteiger partial charge in [-0.3, -0.25) is 4.79 Å². The fourth-order valence-electron chi connectivity index (χ4n) is 3.58. The van der Waals surface area contributed by atoms with Crippen molar-refractivity contribution in [3.05, 3.63) is 60.2 Å². The van der Waals surface area contributed by atoms with Crippen molar-refractivity contribution < 1.29 is 4.79 Å². The summed E-state index contributed by atoms with van der Waals surface area (Å²) in [7, 11) is 0. The maximum atomic E-state index is 13.4. The second-order valence-electron chi connectivity index (χ2n) is 7.05. The molecule has 3 heterocycles. The van der Waals surface area contributed by atoms with Crippen molar-refractivity contribution in [3.63, 3.8) is 0 Å². The molecule has 1 N–H and O–H groups in total. The van der Waals surface area contributed by atoms with E-state index in [2.05, 4.69) is 32.4 Å². The standard InChI is InChI=1S/C20H23N7O/c1-14-12-21-20(22-13-14)25-17-7-5-11-26(15(17)2)19(28)16-6-3-4-8-18(16)27-23-9-10-24-27/h3-4,6,8-10,12-13,15,17H,5,7,11H2,1-2H3,(H,21,22,25)/t15-,17+/m1/s1. The molecule has 0 spiro atoms. The Morgan fingerprint density at radius 1 is 1.14 bits per heavy atom. The summed E-state index contributed by atoms with van der Waals surface area (Å²) in [6, 6.07) is 7.53. The van der Waals surface area contributed by atoms with Crippen LogP contribution >= 0.6 is 0 Å². The van der Waals surface area contributed by atoms with E-state index in [0.29, 0.717) is 23.7 Å². The molecule has 144 valence electrons. The number of anilines is 1. The van der Waals surface area contributed by atoms with E-state index in [9.17, 15) is 4.79 Å². The average Bonchev–Trinajstić information content (AvgIpc) is 3.25. The van der Waals surface area contributed by atoms with Crippen molar-refractivity contribution >= 4 is 11.9 Å². The Morgan fingerprint density at radius 3 is 2.61 bits per heavy atom. The van der Waals surface area contributed by atoms with Crippen molar-refractivity contribution in [2.24, 2.45) is 0 Å². The van der Waals surface area contributed by atoms with Crippen molar-refractivity contribution in [2.75, 3.05) is 11.9 Å². The molecule has 2 aromatic heterocycles. The lowest BCUT2D eigenvalue weighted by Gasteiger charge is -2.40. The number of benzene rings is 1. The summed E-state index contributed by atoms with van der Waals surface area (Å²) in [4.78, 5) is 25.4. The van der Waals surface area contributed by atoms with Gasteiger partial charge in [-0.05, 0) is 44.4 Å². The number of carbonyl (C=O) groups is 1. The van der Waals surface area contributed by atoms with Crippen LogP contribution in [0.2, 0.25) is 0 Å². The fraction of sp³-hybridized carbons (Fsp3) is 0.350. The number of piperidine rings is 1. The lowest BCUT2D eigenvalue weighted by atomic mass is 9.96. The number of nitrogens with zero attached hydrogens (tertiary/aromatic N) is 6. The topological polar surface area (TPSA) is 88.8 Å². The molecule has 4 rings (SSSR count). The molecule has 2 atom stereocenters. The van der Waals surface area contributed by atoms with E-state index in [1.807, 2.05) is 36.1 Å². The summed E-state index contributed by atoms with van der Waals surface area (Å²) in [5.41, 5.74) is 2.29. The molecule has 0 radical (unpaired) electrons. The van der Waals surface area contributed by atoms with Gasteiger partial charge in [0.1, 0.15) is 0 Å². The first-order chi connectivity index (χ1) is 13.6. The Kier molecular flexibility index (Phi) is 5.01. The maximum absolute atomic E-state index is 13.4. The van der Waals surface area contributed by atoms with Crippen LogP contribution < -0.4 is 5.32 Å². The summed E-state index contributed by atoms with van der Waals surface area (Å²) in [6.07, 6.45) is 8.67. The Balaban J connectivity index is 1.56. The molecule has 0 aliphatic carbocycles. The molecule has 1 aromatic carbocycles. The monoisotopic (exact) mass is 377 g/mol. The molecule has 3 aromatic rings. The van der Waals surface area contributed by atoms with Gasteiger partial charge in [-0.1, -0.05) is 12.1 Å². The highest BCUT2D eigenvalue weighted by Crippen LogP contribution is 2.24. The first-order valence-electron chi connectivity index (χ1n) is 9.45. The number of aryl methyl sites for hydroxylation is 1. The number of rotatable bonds is 4. The molecular weight excluding hydrogens is 354 g/mol. The molecule has 28 heavy (non-hydrogen) atoms. The second-order valence-corrected chi connectivity index (χ2v) is 7.05. The second kappa shape index (κ2) is 7.75. The van der Waals surface area contributed by atoms with Gasteiger partial charge < -0.3 is 10.2 Å². The summed E-state index contributed by atoms with van der Waals surface area (Å²) in [5.74, 6) is 0.578. The van der Waals surface area contributed by atoms with Gasteiger partial charge in [0, 0.05) is 31.0 Å². The molecule has 8 heteroatoms. The van der Waals surface area contributed by atoms with E-state index < -0.39 is 0 Å². The van der Waals surface area contributed by atoms with Crippen molar-refractivity contribution in [3.8, 4) is 5.69 Å². The van der Waals surface area contributed by atoms with Gasteiger partial charge >= 0.3 is 0 Å². The Morgan fingerprint density at radius 2 is 1.86 bits per heavy atom. The van der Waals surface area contributed by atoms with Crippen LogP contribution in [-0.2, 0) is 0 Å². The minimum absolute atomic E-state index is 0.00443. The number of hydrogen-bond donors (Lipinski definition) is 1. The maximum Gasteiger partial charge on any atom is 0.256 e. The molecule has 1 fully saturated rings. The van der Waals surface area contributed by atoms with Gasteiger partial charge in [0.15, 0.2) is 0 Å². The summed E-state index contributed by atoms with van der Waals surface area (Å²) >= 11 is 0. The molecule has 8 nitrogen and oxygen atoms in total. The number of hydrogen-bond acceptors (Lipinski definition) is 6. The van der Waals surface area contributed by atoms with E-state index in [0.717, 1.165) is 18.4 Å². The van der Waals surface area contributed by atoms with Crippen molar-refractivity contribution in [1.29, 1.82) is 0 Å². The number of nitrogens with one attached hydrogen (secondary N) is 1. The number of aromatic nitrogens is 5. The largest absolute Gasteiger partial charge is 0.349 e. The normalized spacial score (nSPS) is 19.4. The average molecular weight is 377 g/mol. The lowest BCUT2D eigenvalue weighted by Crippen LogP contribution is -2.52. The molecule has 0 saturated carbocycles. The molecule has 0 bridgehead atoms. The zero-order valence-corrected chi connectivity index (χ0v) is 16.0. The van der Waals surface area contributed by atoms with E-state index in [4.69, 9.17) is 0 Å². The zero-order valence-electron chi connectivity index (χ0n) is 16.0. The fourth-order valence-corrected chi connectivity index (χ4v) is 3.58. The van der Waals surface area contributed by atoms with E-state index in [1.54, 1.807) is 24.8 Å². The van der Waals surface area contributed by atoms with E-state index in [-0.39, 0.29) is 18.0 Å². The Bertz CT molecular complexity index is 939. The quantitative estimate of drug-likeness (QED) is 0.751. The van der Waals surface area contributed by atoms with Gasteiger partial charge in [0.05, 0.1) is 23.6 Å². The van der Waals surface area contributed by atoms with Crippen LogP contribution in [0, 0.1) is 6.92 Å². The summed E-state index contributed by atoms with van der Waals surface area (Å²) in [6.45, 7) is 4.74. The van der Waals surface area contributed by atoms with Crippen LogP contribution in [0.1, 0.15) is 35.7 Å². The predicted molar refractivity (Wildman–Crippen MR) is 105 cm³/mol. The number of para-hydroxylation sites is 1. The van der Waals surface area contributed by atoms with Gasteiger partial charge in [-0.15, -0.1) is 0 Å². The smallest absolute Gasteiger partial charge is 0.256 e. The molecule has 1 aliphatic heterocycles. The minimum atomic E-state index is -0.0169. The summed E-state index contributed by atoms with van der Waals surface area (Å²) in [5, 5.41) is 11.7.